The first-order chi connectivity index (χ1) is 10.1. The van der Waals surface area contributed by atoms with E-state index in [4.69, 9.17) is 11.6 Å². The molecule has 0 saturated heterocycles. The Morgan fingerprint density at radius 3 is 2.76 bits per heavy atom. The molecule has 0 spiro atoms. The zero-order valence-corrected chi connectivity index (χ0v) is 12.1. The SMILES string of the molecule is CCCNc1cnc(C(=O)Nc2ccc(F)c(Cl)c2)cn1. The topological polar surface area (TPSA) is 66.9 Å². The molecule has 7 heteroatoms. The smallest absolute Gasteiger partial charge is 0.275 e. The van der Waals surface area contributed by atoms with Crippen LogP contribution in [0.25, 0.3) is 0 Å². The van der Waals surface area contributed by atoms with Crippen molar-refractivity contribution in [2.75, 3.05) is 17.2 Å². The van der Waals surface area contributed by atoms with Gasteiger partial charge < -0.3 is 10.6 Å². The molecule has 2 N–H and O–H groups in total. The number of rotatable bonds is 5. The van der Waals surface area contributed by atoms with Gasteiger partial charge in [-0.05, 0) is 24.6 Å². The largest absolute Gasteiger partial charge is 0.369 e. The van der Waals surface area contributed by atoms with E-state index < -0.39 is 11.7 Å². The number of benzene rings is 1. The third-order valence-corrected chi connectivity index (χ3v) is 2.91. The highest BCUT2D eigenvalue weighted by Gasteiger charge is 2.09. The van der Waals surface area contributed by atoms with E-state index in [-0.39, 0.29) is 10.7 Å². The molecule has 0 aliphatic rings. The molecule has 0 aliphatic heterocycles. The second-order valence-corrected chi connectivity index (χ2v) is 4.70. The van der Waals surface area contributed by atoms with E-state index in [0.29, 0.717) is 11.5 Å². The predicted octanol–water partition coefficient (Wildman–Crippen LogP) is 3.34. The molecular formula is C14H14ClFN4O. The fourth-order valence-electron chi connectivity index (χ4n) is 1.56. The Kier molecular flexibility index (Phi) is 5.05. The molecule has 1 aromatic heterocycles. The molecule has 2 rings (SSSR count). The van der Waals surface area contributed by atoms with Crippen molar-refractivity contribution in [2.45, 2.75) is 13.3 Å². The van der Waals surface area contributed by atoms with Crippen LogP contribution in [-0.2, 0) is 0 Å². The minimum atomic E-state index is -0.541. The number of hydrogen-bond acceptors (Lipinski definition) is 4. The first-order valence-electron chi connectivity index (χ1n) is 6.42. The molecule has 21 heavy (non-hydrogen) atoms. The number of hydrogen-bond donors (Lipinski definition) is 2. The average Bonchev–Trinajstić information content (AvgIpc) is 2.49. The average molecular weight is 309 g/mol. The molecule has 1 amide bonds. The van der Waals surface area contributed by atoms with Crippen LogP contribution < -0.4 is 10.6 Å². The number of carbonyl (C=O) groups is 1. The van der Waals surface area contributed by atoms with Crippen LogP contribution in [0.4, 0.5) is 15.9 Å². The summed E-state index contributed by atoms with van der Waals surface area (Å²) in [7, 11) is 0. The van der Waals surface area contributed by atoms with Gasteiger partial charge >= 0.3 is 0 Å². The number of halogens is 2. The molecule has 1 aromatic carbocycles. The summed E-state index contributed by atoms with van der Waals surface area (Å²) in [6.45, 7) is 2.82. The fraction of sp³-hybridized carbons (Fsp3) is 0.214. The van der Waals surface area contributed by atoms with Crippen LogP contribution in [0.2, 0.25) is 5.02 Å². The van der Waals surface area contributed by atoms with Crippen LogP contribution in [-0.4, -0.2) is 22.4 Å². The van der Waals surface area contributed by atoms with Gasteiger partial charge in [-0.15, -0.1) is 0 Å². The number of amides is 1. The number of anilines is 2. The number of nitrogens with one attached hydrogen (secondary N) is 2. The van der Waals surface area contributed by atoms with Gasteiger partial charge in [-0.2, -0.15) is 0 Å². The van der Waals surface area contributed by atoms with Crippen molar-refractivity contribution in [1.29, 1.82) is 0 Å². The van der Waals surface area contributed by atoms with Gasteiger partial charge in [0.1, 0.15) is 17.3 Å². The predicted molar refractivity (Wildman–Crippen MR) is 80.2 cm³/mol. The third kappa shape index (κ3) is 4.13. The van der Waals surface area contributed by atoms with Crippen LogP contribution in [0.5, 0.6) is 0 Å². The zero-order chi connectivity index (χ0) is 15.2. The summed E-state index contributed by atoms with van der Waals surface area (Å²) in [4.78, 5) is 20.1. The maximum atomic E-state index is 13.0. The van der Waals surface area contributed by atoms with Gasteiger partial charge in [-0.25, -0.2) is 14.4 Å². The molecule has 0 saturated carbocycles. The maximum absolute atomic E-state index is 13.0. The molecule has 110 valence electrons. The van der Waals surface area contributed by atoms with Gasteiger partial charge in [0, 0.05) is 12.2 Å². The number of aromatic nitrogens is 2. The normalized spacial score (nSPS) is 10.2. The van der Waals surface area contributed by atoms with E-state index in [1.54, 1.807) is 0 Å². The van der Waals surface area contributed by atoms with Crippen molar-refractivity contribution in [3.05, 3.63) is 47.1 Å². The lowest BCUT2D eigenvalue weighted by atomic mass is 10.3. The van der Waals surface area contributed by atoms with Crippen LogP contribution >= 0.6 is 11.6 Å². The minimum Gasteiger partial charge on any atom is -0.369 e. The molecular weight excluding hydrogens is 295 g/mol. The van der Waals surface area contributed by atoms with E-state index in [2.05, 4.69) is 20.6 Å². The Labute approximate surface area is 126 Å². The van der Waals surface area contributed by atoms with Crippen molar-refractivity contribution in [3.63, 3.8) is 0 Å². The first-order valence-corrected chi connectivity index (χ1v) is 6.80. The molecule has 1 heterocycles. The third-order valence-electron chi connectivity index (χ3n) is 2.62. The number of carbonyl (C=O) groups excluding carboxylic acids is 1. The van der Waals surface area contributed by atoms with Gasteiger partial charge in [0.15, 0.2) is 0 Å². The second-order valence-electron chi connectivity index (χ2n) is 4.30. The van der Waals surface area contributed by atoms with Crippen LogP contribution in [0.3, 0.4) is 0 Å². The molecule has 0 atom stereocenters. The van der Waals surface area contributed by atoms with Gasteiger partial charge in [0.2, 0.25) is 0 Å². The summed E-state index contributed by atoms with van der Waals surface area (Å²) in [5, 5.41) is 5.58. The van der Waals surface area contributed by atoms with Crippen LogP contribution in [0, 0.1) is 5.82 Å². The van der Waals surface area contributed by atoms with Gasteiger partial charge in [0.25, 0.3) is 5.91 Å². The monoisotopic (exact) mass is 308 g/mol. The molecule has 0 bridgehead atoms. The Balaban J connectivity index is 2.04. The molecule has 5 nitrogen and oxygen atoms in total. The fourth-order valence-corrected chi connectivity index (χ4v) is 1.74. The van der Waals surface area contributed by atoms with E-state index in [1.807, 2.05) is 6.92 Å². The zero-order valence-electron chi connectivity index (χ0n) is 11.4. The summed E-state index contributed by atoms with van der Waals surface area (Å²) in [5.41, 5.74) is 0.555. The molecule has 0 unspecified atom stereocenters. The van der Waals surface area contributed by atoms with Gasteiger partial charge in [-0.3, -0.25) is 4.79 Å². The van der Waals surface area contributed by atoms with Crippen molar-refractivity contribution < 1.29 is 9.18 Å². The summed E-state index contributed by atoms with van der Waals surface area (Å²) in [6.07, 6.45) is 3.83. The maximum Gasteiger partial charge on any atom is 0.275 e. The summed E-state index contributed by atoms with van der Waals surface area (Å²) < 4.78 is 13.0. The molecule has 0 aliphatic carbocycles. The standard InChI is InChI=1S/C14H14ClFN4O/c1-2-5-17-13-8-18-12(7-19-13)14(21)20-9-3-4-11(16)10(15)6-9/h3-4,6-8H,2,5H2,1H3,(H,17,19)(H,20,21). The molecule has 0 fully saturated rings. The quantitative estimate of drug-likeness (QED) is 0.889. The highest BCUT2D eigenvalue weighted by Crippen LogP contribution is 2.19. The lowest BCUT2D eigenvalue weighted by Crippen LogP contribution is -2.14. The van der Waals surface area contributed by atoms with E-state index in [9.17, 15) is 9.18 Å². The van der Waals surface area contributed by atoms with Crippen molar-refractivity contribution >= 4 is 29.0 Å². The summed E-state index contributed by atoms with van der Waals surface area (Å²) in [5.74, 6) is -0.369. The summed E-state index contributed by atoms with van der Waals surface area (Å²) in [6, 6.07) is 3.94. The lowest BCUT2D eigenvalue weighted by molar-refractivity contribution is 0.102. The molecule has 0 radical (unpaired) electrons. The highest BCUT2D eigenvalue weighted by atomic mass is 35.5. The van der Waals surface area contributed by atoms with Crippen LogP contribution in [0.15, 0.2) is 30.6 Å². The Hall–Kier alpha value is -2.21. The number of nitrogens with zero attached hydrogens (tertiary/aromatic N) is 2. The van der Waals surface area contributed by atoms with Crippen molar-refractivity contribution in [2.24, 2.45) is 0 Å². The summed E-state index contributed by atoms with van der Waals surface area (Å²) >= 11 is 5.65. The van der Waals surface area contributed by atoms with Crippen molar-refractivity contribution in [3.8, 4) is 0 Å². The lowest BCUT2D eigenvalue weighted by Gasteiger charge is -2.06. The Morgan fingerprint density at radius 2 is 2.14 bits per heavy atom. The van der Waals surface area contributed by atoms with Crippen LogP contribution in [0.1, 0.15) is 23.8 Å². The molecule has 2 aromatic rings. The van der Waals surface area contributed by atoms with Gasteiger partial charge in [-0.1, -0.05) is 18.5 Å². The minimum absolute atomic E-state index is 0.0574. The van der Waals surface area contributed by atoms with Gasteiger partial charge in [0.05, 0.1) is 17.4 Å². The van der Waals surface area contributed by atoms with E-state index in [1.165, 1.54) is 30.6 Å². The Morgan fingerprint density at radius 1 is 1.33 bits per heavy atom. The van der Waals surface area contributed by atoms with E-state index >= 15 is 0 Å². The highest BCUT2D eigenvalue weighted by molar-refractivity contribution is 6.31. The van der Waals surface area contributed by atoms with Crippen molar-refractivity contribution in [1.82, 2.24) is 9.97 Å². The first kappa shape index (κ1) is 15.2. The second kappa shape index (κ2) is 6.99. The Bertz CT molecular complexity index is 633. The van der Waals surface area contributed by atoms with E-state index in [0.717, 1.165) is 13.0 Å².